The molecule has 4 atom stereocenters. The summed E-state index contributed by atoms with van der Waals surface area (Å²) in [7, 11) is -5.40. The van der Waals surface area contributed by atoms with Crippen LogP contribution in [-0.4, -0.2) is 109 Å². The zero-order valence-electron chi connectivity index (χ0n) is 23.5. The van der Waals surface area contributed by atoms with Crippen molar-refractivity contribution in [2.45, 2.75) is 76.4 Å². The average molecular weight is 592 g/mol. The Bertz CT molecular complexity index is 1290. The van der Waals surface area contributed by atoms with Crippen LogP contribution in [-0.2, 0) is 9.26 Å². The van der Waals surface area contributed by atoms with Crippen molar-refractivity contribution >= 4 is 31.1 Å². The minimum absolute atomic E-state index is 0.0577. The fourth-order valence-electron chi connectivity index (χ4n) is 5.78. The Hall–Kier alpha value is -2.70. The molecule has 41 heavy (non-hydrogen) atoms. The van der Waals surface area contributed by atoms with Gasteiger partial charge in [-0.05, 0) is 0 Å². The number of rotatable bonds is 11. The molecule has 0 aromatic heterocycles. The molecular weight excluding hydrogens is 553 g/mol. The first-order chi connectivity index (χ1) is 19.2. The number of nitriles is 1. The normalized spacial score (nSPS) is 28.9. The number of carbonyl (C=O) groups is 1. The number of aliphatic hydroxyl groups excluding tert-OH is 1. The van der Waals surface area contributed by atoms with Gasteiger partial charge < -0.3 is 0 Å². The molecule has 3 aliphatic heterocycles. The van der Waals surface area contributed by atoms with Gasteiger partial charge >= 0.3 is 232 Å². The first-order valence-corrected chi connectivity index (χ1v) is 15.6. The number of aliphatic imine (C=N–C) groups is 3. The van der Waals surface area contributed by atoms with E-state index >= 15 is 0 Å². The third kappa shape index (κ3) is 5.58. The number of fused-ring (bicyclic) bond motifs is 1. The second kappa shape index (κ2) is 11.2. The van der Waals surface area contributed by atoms with Crippen LogP contribution in [0.15, 0.2) is 45.3 Å². The SMILES string of the molecule is CC(C)N(C(C)C)P(O)(O)(CCC#N)O[C@]1(O)C[C@H](N2CN=C3C2=NC=NC3(N)C(=O)c2ccccc2)O[C@@H]1CO. The summed E-state index contributed by atoms with van der Waals surface area (Å²) in [6.45, 7) is 6.20. The van der Waals surface area contributed by atoms with Crippen molar-refractivity contribution in [2.24, 2.45) is 20.7 Å². The average Bonchev–Trinajstić information content (AvgIpc) is 3.48. The molecule has 1 fully saturated rings. The quantitative estimate of drug-likeness (QED) is 0.137. The summed E-state index contributed by atoms with van der Waals surface area (Å²) < 4.78 is 13.2. The van der Waals surface area contributed by atoms with E-state index in [9.17, 15) is 30.1 Å². The Morgan fingerprint density at radius 2 is 1.95 bits per heavy atom. The zero-order valence-corrected chi connectivity index (χ0v) is 24.4. The molecule has 3 heterocycles. The Kier molecular flexibility index (Phi) is 8.52. The molecule has 1 saturated heterocycles. The maximum absolute atomic E-state index is 13.3. The number of ketones is 1. The van der Waals surface area contributed by atoms with Crippen LogP contribution in [0.4, 0.5) is 0 Å². The summed E-state index contributed by atoms with van der Waals surface area (Å²) >= 11 is 0. The van der Waals surface area contributed by atoms with Crippen LogP contribution in [0.5, 0.6) is 0 Å². The number of hydrogen-bond acceptors (Lipinski definition) is 14. The van der Waals surface area contributed by atoms with E-state index < -0.39 is 61.9 Å². The number of nitrogens with zero attached hydrogens (tertiary/aromatic N) is 6. The monoisotopic (exact) mass is 591 g/mol. The Labute approximate surface area is 238 Å². The van der Waals surface area contributed by atoms with Gasteiger partial charge in [0.1, 0.15) is 0 Å². The van der Waals surface area contributed by atoms with Gasteiger partial charge in [-0.25, -0.2) is 0 Å². The number of Topliss-reactive ketones (excluding diaryl/α,β-unsaturated/α-hetero) is 1. The summed E-state index contributed by atoms with van der Waals surface area (Å²) in [5.41, 5.74) is 5.09. The third-order valence-corrected chi connectivity index (χ3v) is 10.9. The summed E-state index contributed by atoms with van der Waals surface area (Å²) in [5, 5.41) is 31.1. The van der Waals surface area contributed by atoms with Crippen LogP contribution in [0.1, 0.15) is 50.9 Å². The summed E-state index contributed by atoms with van der Waals surface area (Å²) in [4.78, 5) is 51.4. The van der Waals surface area contributed by atoms with Gasteiger partial charge in [0.05, 0.1) is 0 Å². The number of ether oxygens (including phenoxy) is 1. The molecule has 0 amide bonds. The molecule has 15 heteroatoms. The molecular formula is C26H38N7O7P. The number of hydrogen-bond donors (Lipinski definition) is 5. The standard InChI is InChI=1S/C26H38N7O7P/c1-17(2)33(18(3)4)41(37,38,12-8-11-27)40-25(36)13-21(39-20(25)14-34)32-16-30-22-24(32)29-15-31-26(22,28)23(35)19-9-6-5-7-10-19/h5-7,9-10,15,17-18,20-21,34,36-38H,8,12-14,16,28H2,1-4H3/t20-,21-,25-,26?/m1/s1. The predicted molar refractivity (Wildman–Crippen MR) is 153 cm³/mol. The van der Waals surface area contributed by atoms with Gasteiger partial charge in [-0.1, -0.05) is 6.07 Å². The van der Waals surface area contributed by atoms with Crippen LogP contribution in [0.3, 0.4) is 0 Å². The Morgan fingerprint density at radius 3 is 2.54 bits per heavy atom. The van der Waals surface area contributed by atoms with E-state index in [1.165, 1.54) is 9.57 Å². The van der Waals surface area contributed by atoms with Gasteiger partial charge in [-0.3, -0.25) is 0 Å². The van der Waals surface area contributed by atoms with Gasteiger partial charge in [0.2, 0.25) is 0 Å². The molecule has 0 spiro atoms. The van der Waals surface area contributed by atoms with Crippen molar-refractivity contribution in [3.63, 3.8) is 0 Å². The van der Waals surface area contributed by atoms with Crippen LogP contribution in [0.25, 0.3) is 0 Å². The predicted octanol–water partition coefficient (Wildman–Crippen LogP) is 0.722. The summed E-state index contributed by atoms with van der Waals surface area (Å²) in [6, 6.07) is 9.47. The van der Waals surface area contributed by atoms with E-state index in [-0.39, 0.29) is 31.1 Å². The van der Waals surface area contributed by atoms with Gasteiger partial charge in [-0.2, -0.15) is 0 Å². The third-order valence-electron chi connectivity index (χ3n) is 7.34. The second-order valence-electron chi connectivity index (χ2n) is 10.9. The van der Waals surface area contributed by atoms with Crippen LogP contribution in [0.2, 0.25) is 0 Å². The minimum atomic E-state index is -5.40. The van der Waals surface area contributed by atoms with Crippen molar-refractivity contribution in [2.75, 3.05) is 19.4 Å². The van der Waals surface area contributed by atoms with E-state index in [1.807, 2.05) is 6.07 Å². The van der Waals surface area contributed by atoms with E-state index in [4.69, 9.17) is 15.0 Å². The zero-order chi connectivity index (χ0) is 30.2. The molecule has 1 aromatic rings. The van der Waals surface area contributed by atoms with Gasteiger partial charge in [0.15, 0.2) is 0 Å². The fourth-order valence-corrected chi connectivity index (χ4v) is 9.38. The molecule has 0 saturated carbocycles. The van der Waals surface area contributed by atoms with E-state index in [0.717, 1.165) is 6.34 Å². The molecule has 6 N–H and O–H groups in total. The Balaban J connectivity index is 1.62. The fraction of sp³-hybridized carbons (Fsp3) is 0.577. The molecule has 1 aromatic carbocycles. The maximum atomic E-state index is 13.3. The van der Waals surface area contributed by atoms with Crippen molar-refractivity contribution < 1.29 is 34.1 Å². The molecule has 4 rings (SSSR count). The van der Waals surface area contributed by atoms with Crippen LogP contribution >= 0.6 is 7.43 Å². The number of nitrogens with two attached hydrogens (primary N) is 1. The first kappa shape index (κ1) is 31.2. The number of aliphatic hydroxyl groups is 2. The van der Waals surface area contributed by atoms with Gasteiger partial charge in [-0.15, -0.1) is 0 Å². The van der Waals surface area contributed by atoms with Crippen molar-refractivity contribution in [1.29, 1.82) is 5.26 Å². The van der Waals surface area contributed by atoms with Crippen LogP contribution < -0.4 is 5.73 Å². The molecule has 1 unspecified atom stereocenters. The van der Waals surface area contributed by atoms with E-state index in [2.05, 4.69) is 15.0 Å². The van der Waals surface area contributed by atoms with Crippen molar-refractivity contribution in [3.8, 4) is 6.07 Å². The number of carbonyl (C=O) groups excluding carboxylic acids is 1. The Morgan fingerprint density at radius 1 is 1.29 bits per heavy atom. The molecule has 224 valence electrons. The van der Waals surface area contributed by atoms with Crippen molar-refractivity contribution in [3.05, 3.63) is 35.9 Å². The number of benzene rings is 1. The molecule has 0 aliphatic carbocycles. The van der Waals surface area contributed by atoms with Gasteiger partial charge in [0.25, 0.3) is 0 Å². The number of amidine groups is 1. The van der Waals surface area contributed by atoms with Crippen molar-refractivity contribution in [1.82, 2.24) is 9.57 Å². The second-order valence-corrected chi connectivity index (χ2v) is 14.2. The first-order valence-electron chi connectivity index (χ1n) is 13.4. The summed E-state index contributed by atoms with van der Waals surface area (Å²) in [5.74, 6) is -2.66. The molecule has 14 nitrogen and oxygen atoms in total. The van der Waals surface area contributed by atoms with Gasteiger partial charge in [0, 0.05) is 0 Å². The van der Waals surface area contributed by atoms with E-state index in [1.54, 1.807) is 58.0 Å². The molecule has 0 radical (unpaired) electrons. The molecule has 0 bridgehead atoms. The van der Waals surface area contributed by atoms with Crippen LogP contribution in [0, 0.1) is 11.3 Å². The van der Waals surface area contributed by atoms with E-state index in [0.29, 0.717) is 5.56 Å². The molecule has 3 aliphatic rings. The topological polar surface area (TPSA) is 210 Å². The summed E-state index contributed by atoms with van der Waals surface area (Å²) in [6.07, 6.45) is -2.31.